The van der Waals surface area contributed by atoms with E-state index in [9.17, 15) is 17.6 Å². The molecule has 0 atom stereocenters. The number of hydrogen-bond acceptors (Lipinski definition) is 5. The number of nitrogens with zero attached hydrogens (tertiary/aromatic N) is 3. The van der Waals surface area contributed by atoms with Crippen molar-refractivity contribution in [1.29, 1.82) is 0 Å². The Bertz CT molecular complexity index is 746. The van der Waals surface area contributed by atoms with Crippen LogP contribution in [0, 0.1) is 5.82 Å². The van der Waals surface area contributed by atoms with Gasteiger partial charge < -0.3 is 5.11 Å². The van der Waals surface area contributed by atoms with Crippen LogP contribution in [0.3, 0.4) is 0 Å². The molecule has 112 valence electrons. The highest BCUT2D eigenvalue weighted by molar-refractivity contribution is 7.89. The first kappa shape index (κ1) is 15.1. The molecular weight excluding hydrogens is 303 g/mol. The maximum absolute atomic E-state index is 13.6. The summed E-state index contributed by atoms with van der Waals surface area (Å²) in [7, 11) is -4.15. The summed E-state index contributed by atoms with van der Waals surface area (Å²) < 4.78 is 41.1. The Morgan fingerprint density at radius 2 is 2.19 bits per heavy atom. The average Bonchev–Trinajstić information content (AvgIpc) is 2.91. The van der Waals surface area contributed by atoms with Gasteiger partial charge in [-0.2, -0.15) is 0 Å². The van der Waals surface area contributed by atoms with Gasteiger partial charge in [0.1, 0.15) is 10.7 Å². The molecule has 0 aliphatic carbocycles. The normalized spacial score (nSPS) is 11.5. The number of halogens is 1. The zero-order valence-electron chi connectivity index (χ0n) is 10.6. The highest BCUT2D eigenvalue weighted by Gasteiger charge is 2.20. The van der Waals surface area contributed by atoms with Crippen molar-refractivity contribution in [2.45, 2.75) is 11.4 Å². The van der Waals surface area contributed by atoms with Crippen LogP contribution in [0.25, 0.3) is 0 Å². The summed E-state index contributed by atoms with van der Waals surface area (Å²) in [6, 6.07) is 2.57. The van der Waals surface area contributed by atoms with E-state index in [1.54, 1.807) is 6.20 Å². The number of nitrogens with one attached hydrogen (secondary N) is 1. The number of aromatic nitrogens is 3. The third-order valence-electron chi connectivity index (χ3n) is 2.57. The minimum Gasteiger partial charge on any atom is -0.478 e. The summed E-state index contributed by atoms with van der Waals surface area (Å²) in [5.41, 5.74) is -0.312. The van der Waals surface area contributed by atoms with Crippen LogP contribution in [-0.4, -0.2) is 41.0 Å². The summed E-state index contributed by atoms with van der Waals surface area (Å²) in [5.74, 6) is -2.36. The molecule has 2 rings (SSSR count). The Morgan fingerprint density at radius 1 is 1.43 bits per heavy atom. The number of benzene rings is 1. The van der Waals surface area contributed by atoms with Gasteiger partial charge in [0.05, 0.1) is 18.3 Å². The fourth-order valence-corrected chi connectivity index (χ4v) is 2.69. The van der Waals surface area contributed by atoms with Gasteiger partial charge in [0, 0.05) is 12.7 Å². The fourth-order valence-electron chi connectivity index (χ4n) is 1.57. The van der Waals surface area contributed by atoms with E-state index in [4.69, 9.17) is 5.11 Å². The molecule has 0 saturated carbocycles. The average molecular weight is 314 g/mol. The van der Waals surface area contributed by atoms with E-state index in [0.29, 0.717) is 0 Å². The topological polar surface area (TPSA) is 114 Å². The van der Waals surface area contributed by atoms with Crippen molar-refractivity contribution in [3.8, 4) is 0 Å². The molecule has 2 aromatic rings. The summed E-state index contributed by atoms with van der Waals surface area (Å²) in [6.07, 6.45) is 2.98. The summed E-state index contributed by atoms with van der Waals surface area (Å²) in [4.78, 5) is 10.1. The lowest BCUT2D eigenvalue weighted by molar-refractivity contribution is 0.0696. The Balaban J connectivity index is 2.15. The zero-order valence-corrected chi connectivity index (χ0v) is 11.4. The minimum atomic E-state index is -4.15. The molecule has 0 unspecified atom stereocenters. The number of carboxylic acid groups (broad SMARTS) is 1. The molecule has 0 aliphatic heterocycles. The molecule has 21 heavy (non-hydrogen) atoms. The summed E-state index contributed by atoms with van der Waals surface area (Å²) in [6.45, 7) is 0.169. The first-order chi connectivity index (χ1) is 9.90. The van der Waals surface area contributed by atoms with Gasteiger partial charge in [-0.05, 0) is 18.2 Å². The Labute approximate surface area is 119 Å². The van der Waals surface area contributed by atoms with E-state index < -0.39 is 26.7 Å². The second-order valence-corrected chi connectivity index (χ2v) is 5.75. The second-order valence-electron chi connectivity index (χ2n) is 4.01. The first-order valence-electron chi connectivity index (χ1n) is 5.77. The lowest BCUT2D eigenvalue weighted by atomic mass is 10.2. The highest BCUT2D eigenvalue weighted by atomic mass is 32.2. The lowest BCUT2D eigenvalue weighted by Gasteiger charge is -2.08. The van der Waals surface area contributed by atoms with Crippen LogP contribution < -0.4 is 4.72 Å². The largest absolute Gasteiger partial charge is 0.478 e. The van der Waals surface area contributed by atoms with Crippen molar-refractivity contribution in [2.24, 2.45) is 0 Å². The van der Waals surface area contributed by atoms with Gasteiger partial charge in [-0.25, -0.2) is 22.3 Å². The van der Waals surface area contributed by atoms with E-state index in [2.05, 4.69) is 15.0 Å². The Kier molecular flexibility index (Phi) is 4.29. The molecule has 0 aliphatic rings. The van der Waals surface area contributed by atoms with Crippen LogP contribution in [0.4, 0.5) is 4.39 Å². The van der Waals surface area contributed by atoms with Gasteiger partial charge in [0.25, 0.3) is 0 Å². The molecule has 8 nitrogen and oxygen atoms in total. The van der Waals surface area contributed by atoms with E-state index in [1.165, 1.54) is 10.9 Å². The number of sulfonamides is 1. The summed E-state index contributed by atoms with van der Waals surface area (Å²) >= 11 is 0. The molecule has 0 spiro atoms. The predicted molar refractivity (Wildman–Crippen MR) is 68.6 cm³/mol. The lowest BCUT2D eigenvalue weighted by Crippen LogP contribution is -2.28. The predicted octanol–water partition coefficient (Wildman–Crippen LogP) is 0.0939. The Morgan fingerprint density at radius 3 is 2.81 bits per heavy atom. The van der Waals surface area contributed by atoms with Crippen LogP contribution >= 0.6 is 0 Å². The SMILES string of the molecule is O=C(O)c1ccc(F)c(S(=O)(=O)NCCn2ccnn2)c1. The smallest absolute Gasteiger partial charge is 0.335 e. The highest BCUT2D eigenvalue weighted by Crippen LogP contribution is 2.16. The van der Waals surface area contributed by atoms with Gasteiger partial charge >= 0.3 is 5.97 Å². The van der Waals surface area contributed by atoms with Crippen LogP contribution in [0.15, 0.2) is 35.5 Å². The van der Waals surface area contributed by atoms with Crippen LogP contribution in [0.2, 0.25) is 0 Å². The monoisotopic (exact) mass is 314 g/mol. The molecule has 1 heterocycles. The number of aromatic carboxylic acids is 1. The molecular formula is C11H11FN4O4S. The molecule has 1 aromatic heterocycles. The first-order valence-corrected chi connectivity index (χ1v) is 7.25. The van der Waals surface area contributed by atoms with Crippen LogP contribution in [0.5, 0.6) is 0 Å². The second kappa shape index (κ2) is 5.97. The van der Waals surface area contributed by atoms with Crippen molar-refractivity contribution in [3.63, 3.8) is 0 Å². The number of carboxylic acids is 1. The van der Waals surface area contributed by atoms with Gasteiger partial charge in [0.15, 0.2) is 0 Å². The number of hydrogen-bond donors (Lipinski definition) is 2. The molecule has 0 bridgehead atoms. The van der Waals surface area contributed by atoms with E-state index in [0.717, 1.165) is 18.2 Å². The molecule has 0 radical (unpaired) electrons. The third kappa shape index (κ3) is 3.61. The zero-order chi connectivity index (χ0) is 15.5. The van der Waals surface area contributed by atoms with Crippen molar-refractivity contribution < 1.29 is 22.7 Å². The number of carbonyl (C=O) groups is 1. The Hall–Kier alpha value is -2.33. The maximum atomic E-state index is 13.6. The van der Waals surface area contributed by atoms with Crippen molar-refractivity contribution in [3.05, 3.63) is 42.0 Å². The van der Waals surface area contributed by atoms with Crippen molar-refractivity contribution >= 4 is 16.0 Å². The van der Waals surface area contributed by atoms with Crippen molar-refractivity contribution in [2.75, 3.05) is 6.54 Å². The molecule has 0 amide bonds. The maximum Gasteiger partial charge on any atom is 0.335 e. The molecule has 10 heteroatoms. The summed E-state index contributed by atoms with van der Waals surface area (Å²) in [5, 5.41) is 16.0. The van der Waals surface area contributed by atoms with Crippen LogP contribution in [-0.2, 0) is 16.6 Å². The fraction of sp³-hybridized carbons (Fsp3) is 0.182. The van der Waals surface area contributed by atoms with Gasteiger partial charge in [-0.1, -0.05) is 5.21 Å². The minimum absolute atomic E-state index is 0.0393. The van der Waals surface area contributed by atoms with E-state index in [-0.39, 0.29) is 18.7 Å². The van der Waals surface area contributed by atoms with Crippen molar-refractivity contribution in [1.82, 2.24) is 19.7 Å². The van der Waals surface area contributed by atoms with E-state index >= 15 is 0 Å². The quantitative estimate of drug-likeness (QED) is 0.781. The molecule has 1 aromatic carbocycles. The van der Waals surface area contributed by atoms with Crippen LogP contribution in [0.1, 0.15) is 10.4 Å². The standard InChI is InChI=1S/C11H11FN4O4S/c12-9-2-1-8(11(17)18)7-10(9)21(19,20)14-4-6-16-5-3-13-15-16/h1-3,5,7,14H,4,6H2,(H,17,18). The van der Waals surface area contributed by atoms with Gasteiger partial charge in [-0.15, -0.1) is 5.10 Å². The van der Waals surface area contributed by atoms with E-state index in [1.807, 2.05) is 0 Å². The van der Waals surface area contributed by atoms with Gasteiger partial charge in [-0.3, -0.25) is 4.68 Å². The third-order valence-corrected chi connectivity index (χ3v) is 4.05. The number of rotatable bonds is 6. The molecule has 2 N–H and O–H groups in total. The molecule has 0 fully saturated rings. The molecule has 0 saturated heterocycles. The van der Waals surface area contributed by atoms with Gasteiger partial charge in [0.2, 0.25) is 10.0 Å².